The Morgan fingerprint density at radius 2 is 1.38 bits per heavy atom. The molecule has 2 aliphatic heterocycles. The van der Waals surface area contributed by atoms with Gasteiger partial charge in [0.05, 0.1) is 6.61 Å². The van der Waals surface area contributed by atoms with Crippen molar-refractivity contribution in [1.29, 1.82) is 0 Å². The Labute approximate surface area is 173 Å². The fourth-order valence-corrected chi connectivity index (χ4v) is 5.07. The van der Waals surface area contributed by atoms with E-state index < -0.39 is 11.6 Å². The predicted molar refractivity (Wildman–Crippen MR) is 113 cm³/mol. The topological polar surface area (TPSA) is 49.8 Å². The first kappa shape index (κ1) is 20.1. The molecule has 0 spiro atoms. The van der Waals surface area contributed by atoms with E-state index in [-0.39, 0.29) is 0 Å². The first-order chi connectivity index (χ1) is 14.2. The number of ether oxygens (including phenoxy) is 1. The summed E-state index contributed by atoms with van der Waals surface area (Å²) in [5, 5.41) is 11.4. The number of fused-ring (bicyclic) bond motifs is 2. The largest absolute Gasteiger partial charge is 0.463 e. The SMILES string of the molecule is O=C(OCCCN1C2CCCC1CCC2)C(O)(c1ccccc1)c1ccccc1. The molecule has 2 aromatic carbocycles. The minimum Gasteiger partial charge on any atom is -0.463 e. The molecule has 0 unspecified atom stereocenters. The molecule has 2 bridgehead atoms. The van der Waals surface area contributed by atoms with Crippen molar-refractivity contribution in [2.45, 2.75) is 62.6 Å². The molecule has 2 saturated heterocycles. The van der Waals surface area contributed by atoms with Crippen LogP contribution in [0.3, 0.4) is 0 Å². The Morgan fingerprint density at radius 1 is 0.897 bits per heavy atom. The molecule has 4 rings (SSSR count). The maximum Gasteiger partial charge on any atom is 0.347 e. The summed E-state index contributed by atoms with van der Waals surface area (Å²) >= 11 is 0. The highest BCUT2D eigenvalue weighted by atomic mass is 16.5. The smallest absolute Gasteiger partial charge is 0.347 e. The molecule has 2 aliphatic rings. The predicted octanol–water partition coefficient (Wildman–Crippen LogP) is 4.26. The minimum atomic E-state index is -1.79. The molecule has 0 aromatic heterocycles. The fourth-order valence-electron chi connectivity index (χ4n) is 5.07. The first-order valence-corrected chi connectivity index (χ1v) is 11.0. The number of rotatable bonds is 7. The van der Waals surface area contributed by atoms with E-state index >= 15 is 0 Å². The van der Waals surface area contributed by atoms with Crippen molar-refractivity contribution in [3.05, 3.63) is 71.8 Å². The normalized spacial score (nSPS) is 22.2. The number of hydrogen-bond acceptors (Lipinski definition) is 4. The van der Waals surface area contributed by atoms with Gasteiger partial charge in [-0.3, -0.25) is 4.90 Å². The Bertz CT molecular complexity index is 731. The van der Waals surface area contributed by atoms with Gasteiger partial charge in [-0.15, -0.1) is 0 Å². The zero-order valence-corrected chi connectivity index (χ0v) is 17.0. The Morgan fingerprint density at radius 3 is 1.86 bits per heavy atom. The van der Waals surface area contributed by atoms with Gasteiger partial charge in [0.15, 0.2) is 0 Å². The van der Waals surface area contributed by atoms with Crippen LogP contribution in [0.1, 0.15) is 56.1 Å². The van der Waals surface area contributed by atoms with Crippen LogP contribution in [0, 0.1) is 0 Å². The van der Waals surface area contributed by atoms with Crippen molar-refractivity contribution in [3.63, 3.8) is 0 Å². The van der Waals surface area contributed by atoms with E-state index in [4.69, 9.17) is 4.74 Å². The van der Waals surface area contributed by atoms with E-state index in [9.17, 15) is 9.90 Å². The van der Waals surface area contributed by atoms with Crippen LogP contribution in [0.25, 0.3) is 0 Å². The molecule has 0 radical (unpaired) electrons. The summed E-state index contributed by atoms with van der Waals surface area (Å²) in [5.74, 6) is -0.603. The fraction of sp³-hybridized carbons (Fsp3) is 0.480. The lowest BCUT2D eigenvalue weighted by molar-refractivity contribution is -0.162. The summed E-state index contributed by atoms with van der Waals surface area (Å²) < 4.78 is 5.61. The summed E-state index contributed by atoms with van der Waals surface area (Å²) in [4.78, 5) is 15.7. The maximum atomic E-state index is 13.0. The number of piperidine rings is 2. The van der Waals surface area contributed by atoms with E-state index in [1.165, 1.54) is 38.5 Å². The van der Waals surface area contributed by atoms with Crippen molar-refractivity contribution in [2.75, 3.05) is 13.2 Å². The van der Waals surface area contributed by atoms with E-state index in [2.05, 4.69) is 4.90 Å². The Balaban J connectivity index is 1.40. The lowest BCUT2D eigenvalue weighted by atomic mass is 9.84. The number of aliphatic hydroxyl groups is 1. The summed E-state index contributed by atoms with van der Waals surface area (Å²) in [5.41, 5.74) is -0.729. The van der Waals surface area contributed by atoms with E-state index in [1.807, 2.05) is 36.4 Å². The maximum absolute atomic E-state index is 13.0. The Kier molecular flexibility index (Phi) is 6.31. The van der Waals surface area contributed by atoms with Gasteiger partial charge in [-0.2, -0.15) is 0 Å². The summed E-state index contributed by atoms with van der Waals surface area (Å²) in [6, 6.07) is 19.5. The monoisotopic (exact) mass is 393 g/mol. The molecule has 0 atom stereocenters. The highest BCUT2D eigenvalue weighted by molar-refractivity contribution is 5.85. The van der Waals surface area contributed by atoms with Crippen molar-refractivity contribution < 1.29 is 14.6 Å². The Hall–Kier alpha value is -2.17. The second-order valence-electron chi connectivity index (χ2n) is 8.34. The first-order valence-electron chi connectivity index (χ1n) is 11.0. The molecule has 29 heavy (non-hydrogen) atoms. The van der Waals surface area contributed by atoms with Gasteiger partial charge >= 0.3 is 5.97 Å². The molecule has 154 valence electrons. The number of nitrogens with zero attached hydrogens (tertiary/aromatic N) is 1. The molecule has 2 aromatic rings. The summed E-state index contributed by atoms with van der Waals surface area (Å²) in [6.45, 7) is 1.30. The van der Waals surface area contributed by atoms with Gasteiger partial charge in [0.2, 0.25) is 5.60 Å². The van der Waals surface area contributed by atoms with Gasteiger partial charge in [-0.25, -0.2) is 4.79 Å². The molecule has 4 heteroatoms. The molecule has 2 heterocycles. The van der Waals surface area contributed by atoms with Crippen LogP contribution in [0.4, 0.5) is 0 Å². The van der Waals surface area contributed by atoms with Crippen LogP contribution in [0.15, 0.2) is 60.7 Å². The van der Waals surface area contributed by atoms with Crippen molar-refractivity contribution in [2.24, 2.45) is 0 Å². The van der Waals surface area contributed by atoms with E-state index in [1.54, 1.807) is 24.3 Å². The van der Waals surface area contributed by atoms with E-state index in [0.717, 1.165) is 13.0 Å². The van der Waals surface area contributed by atoms with E-state index in [0.29, 0.717) is 29.8 Å². The lowest BCUT2D eigenvalue weighted by Crippen LogP contribution is -2.50. The quantitative estimate of drug-likeness (QED) is 0.564. The molecule has 4 nitrogen and oxygen atoms in total. The average Bonchev–Trinajstić information content (AvgIpc) is 2.77. The number of benzene rings is 2. The van der Waals surface area contributed by atoms with Gasteiger partial charge in [0, 0.05) is 18.6 Å². The van der Waals surface area contributed by atoms with Gasteiger partial charge in [0.25, 0.3) is 0 Å². The zero-order chi connectivity index (χ0) is 20.1. The molecule has 0 aliphatic carbocycles. The number of esters is 1. The number of hydrogen-bond donors (Lipinski definition) is 1. The second-order valence-corrected chi connectivity index (χ2v) is 8.34. The van der Waals surface area contributed by atoms with Crippen LogP contribution in [0.2, 0.25) is 0 Å². The van der Waals surface area contributed by atoms with Crippen LogP contribution in [0.5, 0.6) is 0 Å². The molecular weight excluding hydrogens is 362 g/mol. The molecule has 1 N–H and O–H groups in total. The van der Waals surface area contributed by atoms with Crippen molar-refractivity contribution >= 4 is 5.97 Å². The van der Waals surface area contributed by atoms with Gasteiger partial charge in [-0.1, -0.05) is 73.5 Å². The zero-order valence-electron chi connectivity index (χ0n) is 17.0. The standard InChI is InChI=1S/C25H31NO3/c27-24(29-19-9-18-26-22-14-7-15-23(26)17-8-16-22)25(28,20-10-3-1-4-11-20)21-12-5-2-6-13-21/h1-6,10-13,22-23,28H,7-9,14-19H2. The third-order valence-corrected chi connectivity index (χ3v) is 6.56. The second kappa shape index (κ2) is 9.10. The highest BCUT2D eigenvalue weighted by Crippen LogP contribution is 2.34. The average molecular weight is 394 g/mol. The minimum absolute atomic E-state index is 0.330. The third-order valence-electron chi connectivity index (χ3n) is 6.56. The third kappa shape index (κ3) is 4.24. The molecular formula is C25H31NO3. The lowest BCUT2D eigenvalue weighted by Gasteiger charge is -2.46. The van der Waals surface area contributed by atoms with Crippen LogP contribution in [-0.2, 0) is 15.1 Å². The highest BCUT2D eigenvalue weighted by Gasteiger charge is 2.41. The van der Waals surface area contributed by atoms with Crippen LogP contribution in [-0.4, -0.2) is 41.2 Å². The van der Waals surface area contributed by atoms with Crippen molar-refractivity contribution in [3.8, 4) is 0 Å². The summed E-state index contributed by atoms with van der Waals surface area (Å²) in [6.07, 6.45) is 8.72. The number of carbonyl (C=O) groups excluding carboxylic acids is 1. The van der Waals surface area contributed by atoms with Crippen LogP contribution < -0.4 is 0 Å². The van der Waals surface area contributed by atoms with Gasteiger partial charge < -0.3 is 9.84 Å². The molecule has 0 saturated carbocycles. The van der Waals surface area contributed by atoms with Gasteiger partial charge in [-0.05, 0) is 43.2 Å². The molecule has 0 amide bonds. The number of carbonyl (C=O) groups is 1. The van der Waals surface area contributed by atoms with Gasteiger partial charge in [0.1, 0.15) is 0 Å². The van der Waals surface area contributed by atoms with Crippen LogP contribution >= 0.6 is 0 Å². The molecule has 2 fully saturated rings. The summed E-state index contributed by atoms with van der Waals surface area (Å²) in [7, 11) is 0. The van der Waals surface area contributed by atoms with Crippen molar-refractivity contribution in [1.82, 2.24) is 4.90 Å².